The molecule has 2 aliphatic heterocycles. The van der Waals surface area contributed by atoms with Crippen LogP contribution in [0, 0.1) is 5.41 Å². The van der Waals surface area contributed by atoms with Gasteiger partial charge in [-0.3, -0.25) is 19.7 Å². The largest absolute Gasteiger partial charge is 0.379 e. The van der Waals surface area contributed by atoms with E-state index in [2.05, 4.69) is 37.5 Å². The van der Waals surface area contributed by atoms with Gasteiger partial charge in [0.05, 0.1) is 5.60 Å². The molecule has 7 nitrogen and oxygen atoms in total. The van der Waals surface area contributed by atoms with Gasteiger partial charge in [-0.1, -0.05) is 19.1 Å². The minimum absolute atomic E-state index is 0.0847. The maximum Gasteiger partial charge on any atom is 0.255 e. The van der Waals surface area contributed by atoms with E-state index in [-0.39, 0.29) is 29.7 Å². The number of nitrogens with one attached hydrogen (secondary N) is 2. The van der Waals surface area contributed by atoms with Crippen LogP contribution in [0.5, 0.6) is 0 Å². The number of ether oxygens (including phenoxy) is 1. The van der Waals surface area contributed by atoms with Crippen molar-refractivity contribution in [3.8, 4) is 0 Å². The van der Waals surface area contributed by atoms with Gasteiger partial charge in [-0.25, -0.2) is 0 Å². The van der Waals surface area contributed by atoms with Crippen LogP contribution < -0.4 is 10.6 Å². The highest BCUT2D eigenvalue weighted by molar-refractivity contribution is 6.05. The maximum absolute atomic E-state index is 12.9. The van der Waals surface area contributed by atoms with Crippen LogP contribution in [-0.2, 0) is 27.4 Å². The molecular formula is C26H37N3O4. The molecule has 1 saturated carbocycles. The minimum Gasteiger partial charge on any atom is -0.379 e. The minimum atomic E-state index is -0.566. The van der Waals surface area contributed by atoms with Gasteiger partial charge >= 0.3 is 0 Å². The van der Waals surface area contributed by atoms with Gasteiger partial charge in [-0.15, -0.1) is 0 Å². The first kappa shape index (κ1) is 23.9. The van der Waals surface area contributed by atoms with E-state index < -0.39 is 6.04 Å². The summed E-state index contributed by atoms with van der Waals surface area (Å²) in [5.41, 5.74) is 3.02. The zero-order valence-corrected chi connectivity index (χ0v) is 20.3. The number of amides is 3. The average Bonchev–Trinajstić information content (AvgIpc) is 3.08. The van der Waals surface area contributed by atoms with Crippen LogP contribution in [-0.4, -0.2) is 47.4 Å². The Morgan fingerprint density at radius 2 is 1.91 bits per heavy atom. The van der Waals surface area contributed by atoms with E-state index in [1.165, 1.54) is 12.8 Å². The lowest BCUT2D eigenvalue weighted by Gasteiger charge is -2.42. The summed E-state index contributed by atoms with van der Waals surface area (Å²) < 4.78 is 5.66. The van der Waals surface area contributed by atoms with Gasteiger partial charge in [0.15, 0.2) is 0 Å². The van der Waals surface area contributed by atoms with Crippen molar-refractivity contribution in [1.29, 1.82) is 0 Å². The fourth-order valence-corrected chi connectivity index (χ4v) is 5.80. The Labute approximate surface area is 196 Å². The summed E-state index contributed by atoms with van der Waals surface area (Å²) >= 11 is 0. The lowest BCUT2D eigenvalue weighted by Crippen LogP contribution is -2.52. The van der Waals surface area contributed by atoms with Crippen molar-refractivity contribution in [3.05, 3.63) is 34.9 Å². The normalized spacial score (nSPS) is 28.1. The van der Waals surface area contributed by atoms with E-state index in [4.69, 9.17) is 4.74 Å². The first-order valence-corrected chi connectivity index (χ1v) is 12.1. The zero-order chi connectivity index (χ0) is 23.8. The fourth-order valence-electron chi connectivity index (χ4n) is 5.80. The molecule has 1 aromatic carbocycles. The molecule has 3 amide bonds. The summed E-state index contributed by atoms with van der Waals surface area (Å²) in [5, 5.41) is 6.06. The second-order valence-corrected chi connectivity index (χ2v) is 11.0. The van der Waals surface area contributed by atoms with Crippen LogP contribution in [0.3, 0.4) is 0 Å². The number of piperidine rings is 1. The summed E-state index contributed by atoms with van der Waals surface area (Å²) in [4.78, 5) is 38.1. The predicted octanol–water partition coefficient (Wildman–Crippen LogP) is 3.30. The summed E-state index contributed by atoms with van der Waals surface area (Å²) in [6.45, 7) is 7.91. The highest BCUT2D eigenvalue weighted by atomic mass is 16.5. The molecule has 1 saturated heterocycles. The quantitative estimate of drug-likeness (QED) is 0.616. The van der Waals surface area contributed by atoms with Crippen LogP contribution >= 0.6 is 0 Å². The summed E-state index contributed by atoms with van der Waals surface area (Å²) in [5.74, 6) is -0.753. The molecule has 1 aromatic rings. The average molecular weight is 456 g/mol. The maximum atomic E-state index is 12.9. The fraction of sp³-hybridized carbons (Fsp3) is 0.654. The Kier molecular flexibility index (Phi) is 6.65. The van der Waals surface area contributed by atoms with Gasteiger partial charge in [-0.05, 0) is 75.0 Å². The van der Waals surface area contributed by atoms with Crippen LogP contribution in [0.25, 0.3) is 0 Å². The monoisotopic (exact) mass is 455 g/mol. The number of rotatable bonds is 7. The van der Waals surface area contributed by atoms with Gasteiger partial charge in [0.2, 0.25) is 11.8 Å². The molecule has 1 atom stereocenters. The van der Waals surface area contributed by atoms with Crippen LogP contribution in [0.2, 0.25) is 0 Å². The van der Waals surface area contributed by atoms with E-state index in [0.717, 1.165) is 36.9 Å². The number of carbonyl (C=O) groups is 3. The van der Waals surface area contributed by atoms with Crippen LogP contribution in [0.1, 0.15) is 87.2 Å². The molecule has 1 unspecified atom stereocenters. The Balaban J connectivity index is 1.31. The molecule has 2 heterocycles. The highest BCUT2D eigenvalue weighted by Crippen LogP contribution is 2.42. The van der Waals surface area contributed by atoms with E-state index in [1.807, 2.05) is 12.1 Å². The first-order valence-electron chi connectivity index (χ1n) is 12.1. The third-order valence-corrected chi connectivity index (χ3v) is 7.78. The standard InChI is InChI=1S/C26H37N3O4/c1-25(2,33-4)16-26(3)11-9-19(10-12-26)27-14-17-5-6-20-18(13-17)15-29(24(20)32)21-7-8-22(30)28-23(21)31/h5-6,13,19,21,27H,7-12,14-16H2,1-4H3,(H,28,30,31)/t19-,21?,26-. The molecule has 180 valence electrons. The molecular weight excluding hydrogens is 418 g/mol. The number of hydrogen-bond donors (Lipinski definition) is 2. The molecule has 0 spiro atoms. The summed E-state index contributed by atoms with van der Waals surface area (Å²) in [7, 11) is 1.80. The number of fused-ring (bicyclic) bond motifs is 1. The van der Waals surface area contributed by atoms with Gasteiger partial charge in [0, 0.05) is 38.2 Å². The number of carbonyl (C=O) groups excluding carboxylic acids is 3. The van der Waals surface area contributed by atoms with Crippen molar-refractivity contribution in [2.45, 2.75) is 96.5 Å². The molecule has 0 bridgehead atoms. The SMILES string of the molecule is COC(C)(C)C[C@]1(C)CC[C@@H](NCc2ccc3c(c2)CN(C2CCC(=O)NC2=O)C3=O)CC1. The Morgan fingerprint density at radius 1 is 1.18 bits per heavy atom. The number of methoxy groups -OCH3 is 1. The smallest absolute Gasteiger partial charge is 0.255 e. The van der Waals surface area contributed by atoms with Crippen molar-refractivity contribution in [3.63, 3.8) is 0 Å². The molecule has 33 heavy (non-hydrogen) atoms. The van der Waals surface area contributed by atoms with E-state index in [1.54, 1.807) is 12.0 Å². The lowest BCUT2D eigenvalue weighted by molar-refractivity contribution is -0.136. The van der Waals surface area contributed by atoms with Gasteiger partial charge in [-0.2, -0.15) is 0 Å². The van der Waals surface area contributed by atoms with Gasteiger partial charge in [0.1, 0.15) is 6.04 Å². The number of benzene rings is 1. The van der Waals surface area contributed by atoms with E-state index in [0.29, 0.717) is 30.0 Å². The summed E-state index contributed by atoms with van der Waals surface area (Å²) in [6.07, 6.45) is 6.43. The van der Waals surface area contributed by atoms with Gasteiger partial charge < -0.3 is 15.0 Å². The van der Waals surface area contributed by atoms with Crippen molar-refractivity contribution in [2.24, 2.45) is 5.41 Å². The van der Waals surface area contributed by atoms with Crippen molar-refractivity contribution in [2.75, 3.05) is 7.11 Å². The van der Waals surface area contributed by atoms with Crippen LogP contribution in [0.15, 0.2) is 18.2 Å². The van der Waals surface area contributed by atoms with Crippen molar-refractivity contribution in [1.82, 2.24) is 15.5 Å². The zero-order valence-electron chi connectivity index (χ0n) is 20.3. The van der Waals surface area contributed by atoms with Gasteiger partial charge in [0.25, 0.3) is 5.91 Å². The van der Waals surface area contributed by atoms with E-state index in [9.17, 15) is 14.4 Å². The molecule has 2 N–H and O–H groups in total. The number of imide groups is 1. The van der Waals surface area contributed by atoms with E-state index >= 15 is 0 Å². The Bertz CT molecular complexity index is 933. The molecule has 7 heteroatoms. The predicted molar refractivity (Wildman–Crippen MR) is 125 cm³/mol. The summed E-state index contributed by atoms with van der Waals surface area (Å²) in [6, 6.07) is 5.90. The number of nitrogens with zero attached hydrogens (tertiary/aromatic N) is 1. The number of hydrogen-bond acceptors (Lipinski definition) is 5. The second-order valence-electron chi connectivity index (χ2n) is 11.0. The van der Waals surface area contributed by atoms with Crippen molar-refractivity contribution >= 4 is 17.7 Å². The topological polar surface area (TPSA) is 87.7 Å². The second kappa shape index (κ2) is 9.18. The first-order chi connectivity index (χ1) is 15.6. The van der Waals surface area contributed by atoms with Crippen molar-refractivity contribution < 1.29 is 19.1 Å². The lowest BCUT2D eigenvalue weighted by atomic mass is 9.68. The molecule has 3 aliphatic rings. The Morgan fingerprint density at radius 3 is 2.58 bits per heavy atom. The highest BCUT2D eigenvalue weighted by Gasteiger charge is 2.39. The third-order valence-electron chi connectivity index (χ3n) is 7.78. The molecule has 0 aromatic heterocycles. The molecule has 1 aliphatic carbocycles. The molecule has 0 radical (unpaired) electrons. The molecule has 4 rings (SSSR count). The molecule has 2 fully saturated rings. The Hall–Kier alpha value is -2.25. The van der Waals surface area contributed by atoms with Crippen LogP contribution in [0.4, 0.5) is 0 Å². The third kappa shape index (κ3) is 5.30.